The summed E-state index contributed by atoms with van der Waals surface area (Å²) in [5.74, 6) is -0.205. The minimum absolute atomic E-state index is 0.130. The van der Waals surface area contributed by atoms with Gasteiger partial charge in [-0.1, -0.05) is 55.1 Å². The summed E-state index contributed by atoms with van der Waals surface area (Å²) in [6.07, 6.45) is 4.78. The summed E-state index contributed by atoms with van der Waals surface area (Å²) in [6, 6.07) is 15.9. The number of amides is 1. The standard InChI is InChI=1S/C20H17N3O/c1-3-15-12-21-19(22-13-15)20(24)23-18-11-7-10-17(14(18)2)16-8-5-4-6-9-16/h3-13H,1H2,2H3,(H,23,24). The zero-order valence-electron chi connectivity index (χ0n) is 13.4. The summed E-state index contributed by atoms with van der Waals surface area (Å²) in [7, 11) is 0. The van der Waals surface area contributed by atoms with Crippen molar-refractivity contribution < 1.29 is 4.79 Å². The lowest BCUT2D eigenvalue weighted by Crippen LogP contribution is -2.16. The second-order valence-electron chi connectivity index (χ2n) is 5.34. The summed E-state index contributed by atoms with van der Waals surface area (Å²) in [4.78, 5) is 20.5. The normalized spacial score (nSPS) is 10.2. The molecule has 1 amide bonds. The van der Waals surface area contributed by atoms with Crippen molar-refractivity contribution in [3.63, 3.8) is 0 Å². The van der Waals surface area contributed by atoms with E-state index in [1.807, 2.05) is 55.5 Å². The fourth-order valence-electron chi connectivity index (χ4n) is 2.44. The van der Waals surface area contributed by atoms with Crippen molar-refractivity contribution in [1.29, 1.82) is 0 Å². The Morgan fingerprint density at radius 3 is 2.42 bits per heavy atom. The molecule has 1 heterocycles. The van der Waals surface area contributed by atoms with E-state index in [1.165, 1.54) is 0 Å². The second kappa shape index (κ2) is 6.87. The number of hydrogen-bond acceptors (Lipinski definition) is 3. The summed E-state index contributed by atoms with van der Waals surface area (Å²) >= 11 is 0. The molecule has 0 atom stereocenters. The third-order valence-electron chi connectivity index (χ3n) is 3.78. The van der Waals surface area contributed by atoms with Crippen molar-refractivity contribution >= 4 is 17.7 Å². The largest absolute Gasteiger partial charge is 0.319 e. The van der Waals surface area contributed by atoms with Crippen LogP contribution in [0.1, 0.15) is 21.7 Å². The molecule has 0 saturated heterocycles. The van der Waals surface area contributed by atoms with Gasteiger partial charge in [0.15, 0.2) is 0 Å². The summed E-state index contributed by atoms with van der Waals surface area (Å²) in [6.45, 7) is 5.63. The average molecular weight is 315 g/mol. The molecule has 4 nitrogen and oxygen atoms in total. The van der Waals surface area contributed by atoms with Crippen LogP contribution in [0.3, 0.4) is 0 Å². The molecule has 0 bridgehead atoms. The molecule has 0 saturated carbocycles. The minimum Gasteiger partial charge on any atom is -0.319 e. The van der Waals surface area contributed by atoms with Crippen molar-refractivity contribution in [2.75, 3.05) is 5.32 Å². The molecule has 0 fully saturated rings. The Kier molecular flexibility index (Phi) is 4.47. The average Bonchev–Trinajstić information content (AvgIpc) is 2.64. The first kappa shape index (κ1) is 15.6. The molecule has 2 aromatic carbocycles. The molecule has 118 valence electrons. The number of carbonyl (C=O) groups excluding carboxylic acids is 1. The Balaban J connectivity index is 1.87. The molecule has 1 N–H and O–H groups in total. The Morgan fingerprint density at radius 2 is 1.75 bits per heavy atom. The van der Waals surface area contributed by atoms with Crippen LogP contribution in [0.4, 0.5) is 5.69 Å². The van der Waals surface area contributed by atoms with Gasteiger partial charge in [0.2, 0.25) is 5.82 Å². The highest BCUT2D eigenvalue weighted by atomic mass is 16.2. The second-order valence-corrected chi connectivity index (χ2v) is 5.34. The molecular weight excluding hydrogens is 298 g/mol. The van der Waals surface area contributed by atoms with E-state index >= 15 is 0 Å². The zero-order chi connectivity index (χ0) is 16.9. The molecule has 4 heteroatoms. The number of aromatic nitrogens is 2. The quantitative estimate of drug-likeness (QED) is 0.779. The molecule has 0 unspecified atom stereocenters. The fraction of sp³-hybridized carbons (Fsp3) is 0.0500. The maximum absolute atomic E-state index is 12.4. The third-order valence-corrected chi connectivity index (χ3v) is 3.78. The Bertz CT molecular complexity index is 871. The SMILES string of the molecule is C=Cc1cnc(C(=O)Nc2cccc(-c3ccccc3)c2C)nc1. The van der Waals surface area contributed by atoms with Gasteiger partial charge in [0.25, 0.3) is 5.91 Å². The Morgan fingerprint density at radius 1 is 1.04 bits per heavy atom. The predicted molar refractivity (Wildman–Crippen MR) is 96.7 cm³/mol. The molecule has 0 aliphatic rings. The number of anilines is 1. The number of nitrogens with one attached hydrogen (secondary N) is 1. The lowest BCUT2D eigenvalue weighted by atomic mass is 9.99. The van der Waals surface area contributed by atoms with Gasteiger partial charge in [0.1, 0.15) is 0 Å². The molecule has 0 radical (unpaired) electrons. The number of hydrogen-bond donors (Lipinski definition) is 1. The Labute approximate surface area is 140 Å². The lowest BCUT2D eigenvalue weighted by Gasteiger charge is -2.12. The van der Waals surface area contributed by atoms with Crippen molar-refractivity contribution in [2.45, 2.75) is 6.92 Å². The minimum atomic E-state index is -0.334. The highest BCUT2D eigenvalue weighted by Gasteiger charge is 2.12. The first-order valence-electron chi connectivity index (χ1n) is 7.60. The van der Waals surface area contributed by atoms with E-state index in [0.717, 1.165) is 27.9 Å². The molecule has 0 aliphatic heterocycles. The summed E-state index contributed by atoms with van der Waals surface area (Å²) in [5, 5.41) is 2.88. The molecule has 3 rings (SSSR count). The van der Waals surface area contributed by atoms with Crippen LogP contribution in [0.5, 0.6) is 0 Å². The first-order chi connectivity index (χ1) is 11.7. The number of benzene rings is 2. The van der Waals surface area contributed by atoms with Gasteiger partial charge in [0, 0.05) is 23.6 Å². The molecule has 3 aromatic rings. The van der Waals surface area contributed by atoms with Gasteiger partial charge in [-0.05, 0) is 29.7 Å². The summed E-state index contributed by atoms with van der Waals surface area (Å²) in [5.41, 5.74) is 4.71. The van der Waals surface area contributed by atoms with Gasteiger partial charge in [-0.15, -0.1) is 0 Å². The van der Waals surface area contributed by atoms with E-state index in [1.54, 1.807) is 18.5 Å². The topological polar surface area (TPSA) is 54.9 Å². The smallest absolute Gasteiger partial charge is 0.293 e. The van der Waals surface area contributed by atoms with Crippen molar-refractivity contribution in [2.24, 2.45) is 0 Å². The van der Waals surface area contributed by atoms with Gasteiger partial charge < -0.3 is 5.32 Å². The van der Waals surface area contributed by atoms with Gasteiger partial charge in [0.05, 0.1) is 0 Å². The van der Waals surface area contributed by atoms with Crippen LogP contribution in [-0.2, 0) is 0 Å². The number of nitrogens with zero attached hydrogens (tertiary/aromatic N) is 2. The van der Waals surface area contributed by atoms with Crippen molar-refractivity contribution in [3.8, 4) is 11.1 Å². The first-order valence-corrected chi connectivity index (χ1v) is 7.60. The molecule has 0 spiro atoms. The number of rotatable bonds is 4. The maximum Gasteiger partial charge on any atom is 0.293 e. The highest BCUT2D eigenvalue weighted by Crippen LogP contribution is 2.28. The zero-order valence-corrected chi connectivity index (χ0v) is 13.4. The number of carbonyl (C=O) groups is 1. The molecule has 24 heavy (non-hydrogen) atoms. The van der Waals surface area contributed by atoms with E-state index in [-0.39, 0.29) is 11.7 Å². The molecule has 0 aliphatic carbocycles. The van der Waals surface area contributed by atoms with Crippen molar-refractivity contribution in [3.05, 3.63) is 84.5 Å². The van der Waals surface area contributed by atoms with Crippen LogP contribution in [0.15, 0.2) is 67.5 Å². The maximum atomic E-state index is 12.4. The van der Waals surface area contributed by atoms with Crippen LogP contribution in [0, 0.1) is 6.92 Å². The van der Waals surface area contributed by atoms with Gasteiger partial charge >= 0.3 is 0 Å². The predicted octanol–water partition coefficient (Wildman–Crippen LogP) is 4.35. The molecular formula is C20H17N3O. The van der Waals surface area contributed by atoms with Crippen LogP contribution in [0.2, 0.25) is 0 Å². The van der Waals surface area contributed by atoms with Crippen LogP contribution < -0.4 is 5.32 Å². The van der Waals surface area contributed by atoms with Gasteiger partial charge in [-0.25, -0.2) is 9.97 Å². The van der Waals surface area contributed by atoms with E-state index in [0.29, 0.717) is 0 Å². The lowest BCUT2D eigenvalue weighted by molar-refractivity contribution is 0.101. The highest BCUT2D eigenvalue weighted by molar-refractivity contribution is 6.02. The van der Waals surface area contributed by atoms with Crippen molar-refractivity contribution in [1.82, 2.24) is 9.97 Å². The summed E-state index contributed by atoms with van der Waals surface area (Å²) < 4.78 is 0. The van der Waals surface area contributed by atoms with Crippen LogP contribution in [-0.4, -0.2) is 15.9 Å². The van der Waals surface area contributed by atoms with E-state index < -0.39 is 0 Å². The third kappa shape index (κ3) is 3.22. The van der Waals surface area contributed by atoms with Crippen LogP contribution >= 0.6 is 0 Å². The van der Waals surface area contributed by atoms with Gasteiger partial charge in [-0.2, -0.15) is 0 Å². The molecule has 1 aromatic heterocycles. The van der Waals surface area contributed by atoms with Gasteiger partial charge in [-0.3, -0.25) is 4.79 Å². The Hall–Kier alpha value is -3.27. The monoisotopic (exact) mass is 315 g/mol. The van der Waals surface area contributed by atoms with E-state index in [9.17, 15) is 4.79 Å². The van der Waals surface area contributed by atoms with E-state index in [2.05, 4.69) is 21.9 Å². The fourth-order valence-corrected chi connectivity index (χ4v) is 2.44. The van der Waals surface area contributed by atoms with Crippen LogP contribution in [0.25, 0.3) is 17.2 Å². The van der Waals surface area contributed by atoms with E-state index in [4.69, 9.17) is 0 Å².